The lowest BCUT2D eigenvalue weighted by Gasteiger charge is -2.33. The summed E-state index contributed by atoms with van der Waals surface area (Å²) in [5, 5.41) is 12.1. The van der Waals surface area contributed by atoms with Gasteiger partial charge in [-0.3, -0.25) is 4.79 Å². The number of para-hydroxylation sites is 1. The molecule has 2 N–H and O–H groups in total. The highest BCUT2D eigenvalue weighted by Gasteiger charge is 2.38. The minimum absolute atomic E-state index is 0.0730. The van der Waals surface area contributed by atoms with Crippen LogP contribution in [-0.4, -0.2) is 26.0 Å². The number of aryl methyl sites for hydroxylation is 1. The van der Waals surface area contributed by atoms with Crippen molar-refractivity contribution in [3.63, 3.8) is 0 Å². The average molecular weight is 428 g/mol. The number of nitrogens with one attached hydrogen (secondary N) is 2. The Morgan fingerprint density at radius 3 is 2.35 bits per heavy atom. The summed E-state index contributed by atoms with van der Waals surface area (Å²) in [4.78, 5) is 13.4. The first-order chi connectivity index (χ1) is 15.2. The smallest absolute Gasteiger partial charge is 0.240 e. The number of hydrogen-bond acceptors (Lipinski definition) is 5. The number of aromatic nitrogens is 3. The van der Waals surface area contributed by atoms with Gasteiger partial charge in [-0.05, 0) is 24.1 Å². The van der Waals surface area contributed by atoms with E-state index in [1.54, 1.807) is 0 Å². The van der Waals surface area contributed by atoms with Crippen molar-refractivity contribution in [3.05, 3.63) is 96.1 Å². The van der Waals surface area contributed by atoms with Crippen LogP contribution in [0.4, 0.5) is 5.69 Å². The lowest BCUT2D eigenvalue weighted by Crippen LogP contribution is -2.41. The zero-order chi connectivity index (χ0) is 21.2. The maximum atomic E-state index is 13.4. The molecule has 7 heteroatoms. The summed E-state index contributed by atoms with van der Waals surface area (Å²) in [5.41, 5.74) is 7.33. The number of amides is 1. The molecule has 1 aliphatic heterocycles. The molecule has 0 radical (unpaired) electrons. The van der Waals surface area contributed by atoms with E-state index in [-0.39, 0.29) is 11.9 Å². The summed E-state index contributed by atoms with van der Waals surface area (Å²) in [7, 11) is 0. The van der Waals surface area contributed by atoms with Crippen molar-refractivity contribution in [1.82, 2.24) is 14.9 Å². The minimum atomic E-state index is -0.415. The van der Waals surface area contributed by atoms with Crippen LogP contribution < -0.4 is 10.7 Å². The van der Waals surface area contributed by atoms with Gasteiger partial charge < -0.3 is 10.7 Å². The first-order valence-corrected chi connectivity index (χ1v) is 10.9. The van der Waals surface area contributed by atoms with Gasteiger partial charge in [0.05, 0.1) is 6.04 Å². The van der Waals surface area contributed by atoms with Gasteiger partial charge in [0.2, 0.25) is 11.1 Å². The Hall–Kier alpha value is -3.58. The molecule has 0 unspecified atom stereocenters. The lowest BCUT2D eigenvalue weighted by molar-refractivity contribution is -0.116. The van der Waals surface area contributed by atoms with Crippen molar-refractivity contribution in [3.8, 4) is 11.4 Å². The van der Waals surface area contributed by atoms with E-state index in [0.717, 1.165) is 28.2 Å². The Morgan fingerprint density at radius 1 is 0.935 bits per heavy atom. The van der Waals surface area contributed by atoms with Gasteiger partial charge in [0.15, 0.2) is 5.82 Å². The van der Waals surface area contributed by atoms with Gasteiger partial charge in [0, 0.05) is 11.3 Å². The Bertz CT molecular complexity index is 1210. The van der Waals surface area contributed by atoms with E-state index in [9.17, 15) is 4.79 Å². The molecular weight excluding hydrogens is 406 g/mol. The summed E-state index contributed by atoms with van der Waals surface area (Å²) in [6, 6.07) is 27.5. The summed E-state index contributed by atoms with van der Waals surface area (Å²) in [6.07, 6.45) is 0. The van der Waals surface area contributed by atoms with Crippen LogP contribution in [0.1, 0.15) is 17.2 Å². The summed E-state index contributed by atoms with van der Waals surface area (Å²) >= 11 is 1.42. The summed E-state index contributed by atoms with van der Waals surface area (Å²) in [5.74, 6) is 0.651. The van der Waals surface area contributed by atoms with Crippen molar-refractivity contribution in [1.29, 1.82) is 0 Å². The molecule has 2 atom stereocenters. The second-order valence-corrected chi connectivity index (χ2v) is 8.48. The first kappa shape index (κ1) is 19.4. The van der Waals surface area contributed by atoms with E-state index in [1.807, 2.05) is 96.5 Å². The molecule has 0 saturated heterocycles. The maximum Gasteiger partial charge on any atom is 0.240 e. The van der Waals surface area contributed by atoms with Crippen LogP contribution in [0.2, 0.25) is 0 Å². The predicted molar refractivity (Wildman–Crippen MR) is 123 cm³/mol. The van der Waals surface area contributed by atoms with Crippen LogP contribution in [0.3, 0.4) is 0 Å². The number of anilines is 1. The number of fused-ring (bicyclic) bond motifs is 1. The lowest BCUT2D eigenvalue weighted by atomic mass is 10.0. The number of thioether (sulfide) groups is 1. The number of carbonyl (C=O) groups excluding carboxylic acids is 1. The molecule has 0 spiro atoms. The zero-order valence-corrected chi connectivity index (χ0v) is 17.7. The predicted octanol–water partition coefficient (Wildman–Crippen LogP) is 4.65. The van der Waals surface area contributed by atoms with Gasteiger partial charge in [0.1, 0.15) is 5.25 Å². The van der Waals surface area contributed by atoms with Crippen LogP contribution in [0.5, 0.6) is 0 Å². The number of carbonyl (C=O) groups is 1. The molecule has 1 aliphatic rings. The molecule has 154 valence electrons. The third-order valence-corrected chi connectivity index (χ3v) is 6.50. The first-order valence-electron chi connectivity index (χ1n) is 10.1. The van der Waals surface area contributed by atoms with Gasteiger partial charge >= 0.3 is 0 Å². The fourth-order valence-corrected chi connectivity index (χ4v) is 4.74. The van der Waals surface area contributed by atoms with Crippen LogP contribution in [0.15, 0.2) is 90.1 Å². The van der Waals surface area contributed by atoms with Crippen molar-refractivity contribution >= 4 is 23.4 Å². The molecule has 2 heterocycles. The van der Waals surface area contributed by atoms with Crippen molar-refractivity contribution in [2.75, 3.05) is 10.7 Å². The second kappa shape index (κ2) is 8.28. The highest BCUT2D eigenvalue weighted by molar-refractivity contribution is 8.00. The SMILES string of the molecule is Cc1ccccc1NC(=O)[C@H]1Sc2nnc(-c3ccccc3)n2N[C@H]1c1ccccc1. The Labute approximate surface area is 184 Å². The third-order valence-electron chi connectivity index (χ3n) is 5.29. The quantitative estimate of drug-likeness (QED) is 0.496. The fourth-order valence-electron chi connectivity index (χ4n) is 3.66. The molecule has 0 bridgehead atoms. The monoisotopic (exact) mass is 427 g/mol. The molecule has 31 heavy (non-hydrogen) atoms. The van der Waals surface area contributed by atoms with E-state index in [2.05, 4.69) is 20.9 Å². The van der Waals surface area contributed by atoms with Crippen molar-refractivity contribution in [2.24, 2.45) is 0 Å². The number of benzene rings is 3. The van der Waals surface area contributed by atoms with E-state index in [4.69, 9.17) is 0 Å². The Kier molecular flexibility index (Phi) is 5.18. The van der Waals surface area contributed by atoms with Crippen LogP contribution in [0.25, 0.3) is 11.4 Å². The molecule has 4 aromatic rings. The fraction of sp³-hybridized carbons (Fsp3) is 0.125. The van der Waals surface area contributed by atoms with E-state index >= 15 is 0 Å². The standard InChI is InChI=1S/C24H21N5OS/c1-16-10-8-9-15-19(16)25-23(30)21-20(17-11-4-2-5-12-17)28-29-22(26-27-24(29)31-21)18-13-6-3-7-14-18/h2-15,20-21,28H,1H3,(H,25,30)/t20-,21-/m0/s1. The molecule has 6 nitrogen and oxygen atoms in total. The Morgan fingerprint density at radius 2 is 1.61 bits per heavy atom. The molecular formula is C24H21N5OS. The van der Waals surface area contributed by atoms with Gasteiger partial charge in [-0.25, -0.2) is 4.68 Å². The molecule has 1 amide bonds. The highest BCUT2D eigenvalue weighted by Crippen LogP contribution is 2.39. The summed E-state index contributed by atoms with van der Waals surface area (Å²) in [6.45, 7) is 1.99. The highest BCUT2D eigenvalue weighted by atomic mass is 32.2. The van der Waals surface area contributed by atoms with Gasteiger partial charge in [-0.2, -0.15) is 0 Å². The number of hydrogen-bond donors (Lipinski definition) is 2. The molecule has 5 rings (SSSR count). The normalized spacial score (nSPS) is 17.5. The van der Waals surface area contributed by atoms with Gasteiger partial charge in [-0.1, -0.05) is 90.6 Å². The van der Waals surface area contributed by atoms with Gasteiger partial charge in [0.25, 0.3) is 0 Å². The van der Waals surface area contributed by atoms with E-state index in [1.165, 1.54) is 11.8 Å². The third kappa shape index (κ3) is 3.80. The Balaban J connectivity index is 1.51. The van der Waals surface area contributed by atoms with E-state index < -0.39 is 5.25 Å². The molecule has 3 aromatic carbocycles. The van der Waals surface area contributed by atoms with Crippen LogP contribution >= 0.6 is 11.8 Å². The largest absolute Gasteiger partial charge is 0.325 e. The maximum absolute atomic E-state index is 13.4. The van der Waals surface area contributed by atoms with E-state index in [0.29, 0.717) is 5.16 Å². The number of rotatable bonds is 4. The topological polar surface area (TPSA) is 71.8 Å². The van der Waals surface area contributed by atoms with Gasteiger partial charge in [-0.15, -0.1) is 10.2 Å². The van der Waals surface area contributed by atoms with Crippen molar-refractivity contribution < 1.29 is 4.79 Å². The van der Waals surface area contributed by atoms with Crippen molar-refractivity contribution in [2.45, 2.75) is 23.4 Å². The average Bonchev–Trinajstić information content (AvgIpc) is 3.24. The van der Waals surface area contributed by atoms with Crippen LogP contribution in [0, 0.1) is 6.92 Å². The minimum Gasteiger partial charge on any atom is -0.325 e. The zero-order valence-electron chi connectivity index (χ0n) is 16.9. The summed E-state index contributed by atoms with van der Waals surface area (Å²) < 4.78 is 1.88. The molecule has 0 aliphatic carbocycles. The number of nitrogens with zero attached hydrogens (tertiary/aromatic N) is 3. The molecule has 0 saturated carbocycles. The van der Waals surface area contributed by atoms with Crippen LogP contribution in [-0.2, 0) is 4.79 Å². The second-order valence-electron chi connectivity index (χ2n) is 7.37. The molecule has 1 aromatic heterocycles. The molecule has 0 fully saturated rings.